The fraction of sp³-hybridized carbons (Fsp3) is 0.143. The molecular weight excluding hydrogens is 310 g/mol. The van der Waals surface area contributed by atoms with E-state index in [4.69, 9.17) is 4.98 Å². The number of nitrogens with one attached hydrogen (secondary N) is 1. The molecule has 1 amide bonds. The van der Waals surface area contributed by atoms with Crippen LogP contribution in [-0.2, 0) is 4.79 Å². The van der Waals surface area contributed by atoms with E-state index < -0.39 is 0 Å². The minimum atomic E-state index is 0.00944. The van der Waals surface area contributed by atoms with Crippen LogP contribution in [-0.4, -0.2) is 15.3 Å². The predicted molar refractivity (Wildman–Crippen MR) is 102 cm³/mol. The number of imidazole rings is 1. The first kappa shape index (κ1) is 15.4. The summed E-state index contributed by atoms with van der Waals surface area (Å²) in [6, 6.07) is 20.3. The smallest absolute Gasteiger partial charge is 0.225 e. The lowest BCUT2D eigenvalue weighted by Gasteiger charge is -2.08. The van der Waals surface area contributed by atoms with Crippen LogP contribution in [0.4, 0.5) is 5.82 Å². The van der Waals surface area contributed by atoms with Crippen molar-refractivity contribution in [2.45, 2.75) is 19.8 Å². The molecule has 25 heavy (non-hydrogen) atoms. The van der Waals surface area contributed by atoms with Crippen molar-refractivity contribution in [2.24, 2.45) is 0 Å². The van der Waals surface area contributed by atoms with E-state index in [2.05, 4.69) is 35.6 Å². The molecule has 4 rings (SSSR count). The molecule has 0 radical (unpaired) electrons. The van der Waals surface area contributed by atoms with E-state index in [0.29, 0.717) is 6.42 Å². The monoisotopic (exact) mass is 329 g/mol. The largest absolute Gasteiger partial charge is 0.310 e. The number of aromatic nitrogens is 2. The molecular formula is C21H19N3O. The minimum Gasteiger partial charge on any atom is -0.310 e. The number of fused-ring (bicyclic) bond motifs is 2. The summed E-state index contributed by atoms with van der Waals surface area (Å²) in [6.45, 7) is 2.00. The Morgan fingerprint density at radius 1 is 1.04 bits per heavy atom. The van der Waals surface area contributed by atoms with Crippen LogP contribution in [0.3, 0.4) is 0 Å². The molecule has 4 nitrogen and oxygen atoms in total. The summed E-state index contributed by atoms with van der Waals surface area (Å²) in [5, 5.41) is 5.38. The summed E-state index contributed by atoms with van der Waals surface area (Å²) < 4.78 is 1.93. The molecule has 0 aliphatic heterocycles. The zero-order chi connectivity index (χ0) is 17.2. The zero-order valence-electron chi connectivity index (χ0n) is 14.1. The number of anilines is 1. The first-order valence-electron chi connectivity index (χ1n) is 8.52. The van der Waals surface area contributed by atoms with Crippen molar-refractivity contribution >= 4 is 28.1 Å². The van der Waals surface area contributed by atoms with Gasteiger partial charge in [0.2, 0.25) is 5.91 Å². The SMILES string of the molecule is CCCC(=O)Nc1c(-c2ccc3ccccc3c2)nc2ccccn12. The molecule has 4 aromatic rings. The first-order chi connectivity index (χ1) is 12.3. The first-order valence-corrected chi connectivity index (χ1v) is 8.52. The number of hydrogen-bond acceptors (Lipinski definition) is 2. The highest BCUT2D eigenvalue weighted by Gasteiger charge is 2.16. The normalized spacial score (nSPS) is 11.1. The molecule has 2 heterocycles. The number of amides is 1. The van der Waals surface area contributed by atoms with Crippen molar-refractivity contribution in [1.82, 2.24) is 9.38 Å². The van der Waals surface area contributed by atoms with Crippen molar-refractivity contribution in [3.63, 3.8) is 0 Å². The van der Waals surface area contributed by atoms with E-state index in [1.165, 1.54) is 5.39 Å². The summed E-state index contributed by atoms with van der Waals surface area (Å²) in [5.74, 6) is 0.736. The molecule has 0 atom stereocenters. The van der Waals surface area contributed by atoms with Gasteiger partial charge in [-0.1, -0.05) is 49.4 Å². The van der Waals surface area contributed by atoms with Gasteiger partial charge in [0.1, 0.15) is 17.2 Å². The topological polar surface area (TPSA) is 46.4 Å². The highest BCUT2D eigenvalue weighted by molar-refractivity contribution is 5.96. The quantitative estimate of drug-likeness (QED) is 0.579. The summed E-state index contributed by atoms with van der Waals surface area (Å²) in [4.78, 5) is 16.9. The second-order valence-corrected chi connectivity index (χ2v) is 6.10. The molecule has 0 saturated carbocycles. The number of rotatable bonds is 4. The molecule has 124 valence electrons. The minimum absolute atomic E-state index is 0.00944. The standard InChI is InChI=1S/C21H19N3O/c1-2-7-19(25)23-21-20(22-18-10-5-6-13-24(18)21)17-12-11-15-8-3-4-9-16(15)14-17/h3-6,8-14H,2,7H2,1H3,(H,23,25). The fourth-order valence-electron chi connectivity index (χ4n) is 3.07. The average Bonchev–Trinajstić information content (AvgIpc) is 3.00. The Hall–Kier alpha value is -3.14. The van der Waals surface area contributed by atoms with E-state index in [-0.39, 0.29) is 5.91 Å². The van der Waals surface area contributed by atoms with Crippen molar-refractivity contribution in [1.29, 1.82) is 0 Å². The molecule has 4 heteroatoms. The molecule has 0 spiro atoms. The van der Waals surface area contributed by atoms with Gasteiger partial charge in [0.25, 0.3) is 0 Å². The van der Waals surface area contributed by atoms with Gasteiger partial charge in [0.05, 0.1) is 0 Å². The van der Waals surface area contributed by atoms with Gasteiger partial charge in [-0.05, 0) is 35.4 Å². The summed E-state index contributed by atoms with van der Waals surface area (Å²) in [5.41, 5.74) is 2.60. The lowest BCUT2D eigenvalue weighted by molar-refractivity contribution is -0.116. The highest BCUT2D eigenvalue weighted by atomic mass is 16.1. The number of carbonyl (C=O) groups excluding carboxylic acids is 1. The van der Waals surface area contributed by atoms with Crippen LogP contribution < -0.4 is 5.32 Å². The fourth-order valence-corrected chi connectivity index (χ4v) is 3.07. The van der Waals surface area contributed by atoms with Crippen LogP contribution in [0, 0.1) is 0 Å². The van der Waals surface area contributed by atoms with E-state index in [0.717, 1.165) is 34.5 Å². The molecule has 1 N–H and O–H groups in total. The lowest BCUT2D eigenvalue weighted by atomic mass is 10.1. The van der Waals surface area contributed by atoms with Gasteiger partial charge in [-0.25, -0.2) is 4.98 Å². The average molecular weight is 329 g/mol. The van der Waals surface area contributed by atoms with Gasteiger partial charge in [-0.3, -0.25) is 9.20 Å². The van der Waals surface area contributed by atoms with Crippen LogP contribution in [0.2, 0.25) is 0 Å². The van der Waals surface area contributed by atoms with Crippen molar-refractivity contribution < 1.29 is 4.79 Å². The Balaban J connectivity index is 1.88. The maximum Gasteiger partial charge on any atom is 0.225 e. The van der Waals surface area contributed by atoms with Gasteiger partial charge in [-0.2, -0.15) is 0 Å². The maximum absolute atomic E-state index is 12.2. The second-order valence-electron chi connectivity index (χ2n) is 6.10. The van der Waals surface area contributed by atoms with Crippen LogP contribution in [0.1, 0.15) is 19.8 Å². The maximum atomic E-state index is 12.2. The number of carbonyl (C=O) groups is 1. The highest BCUT2D eigenvalue weighted by Crippen LogP contribution is 2.31. The number of hydrogen-bond donors (Lipinski definition) is 1. The molecule has 0 unspecified atom stereocenters. The third kappa shape index (κ3) is 2.87. The van der Waals surface area contributed by atoms with E-state index in [1.54, 1.807) is 0 Å². The molecule has 0 aliphatic carbocycles. The third-order valence-electron chi connectivity index (χ3n) is 4.29. The Morgan fingerprint density at radius 2 is 1.84 bits per heavy atom. The Morgan fingerprint density at radius 3 is 2.68 bits per heavy atom. The predicted octanol–water partition coefficient (Wildman–Crippen LogP) is 4.89. The van der Waals surface area contributed by atoms with Crippen molar-refractivity contribution in [2.75, 3.05) is 5.32 Å². The molecule has 0 aliphatic rings. The molecule has 0 bridgehead atoms. The Labute approximate surface area is 146 Å². The molecule has 0 saturated heterocycles. The lowest BCUT2D eigenvalue weighted by Crippen LogP contribution is -2.13. The van der Waals surface area contributed by atoms with Gasteiger partial charge >= 0.3 is 0 Å². The van der Waals surface area contributed by atoms with E-state index in [9.17, 15) is 4.79 Å². The van der Waals surface area contributed by atoms with Gasteiger partial charge in [-0.15, -0.1) is 0 Å². The summed E-state index contributed by atoms with van der Waals surface area (Å²) in [6.07, 6.45) is 3.24. The van der Waals surface area contributed by atoms with Crippen LogP contribution in [0.5, 0.6) is 0 Å². The Bertz CT molecular complexity index is 1070. The van der Waals surface area contributed by atoms with E-state index >= 15 is 0 Å². The third-order valence-corrected chi connectivity index (χ3v) is 4.29. The van der Waals surface area contributed by atoms with Crippen molar-refractivity contribution in [3.05, 3.63) is 66.9 Å². The van der Waals surface area contributed by atoms with Crippen LogP contribution in [0.25, 0.3) is 27.7 Å². The number of nitrogens with zero attached hydrogens (tertiary/aromatic N) is 2. The second kappa shape index (κ2) is 6.40. The Kier molecular flexibility index (Phi) is 3.94. The number of benzene rings is 2. The molecule has 2 aromatic carbocycles. The summed E-state index contributed by atoms with van der Waals surface area (Å²) in [7, 11) is 0. The van der Waals surface area contributed by atoms with E-state index in [1.807, 2.05) is 47.9 Å². The van der Waals surface area contributed by atoms with Gasteiger partial charge in [0, 0.05) is 18.2 Å². The van der Waals surface area contributed by atoms with Crippen LogP contribution in [0.15, 0.2) is 66.9 Å². The van der Waals surface area contributed by atoms with Gasteiger partial charge in [0.15, 0.2) is 0 Å². The summed E-state index contributed by atoms with van der Waals surface area (Å²) >= 11 is 0. The molecule has 2 aromatic heterocycles. The van der Waals surface area contributed by atoms with Crippen LogP contribution >= 0.6 is 0 Å². The van der Waals surface area contributed by atoms with Crippen molar-refractivity contribution in [3.8, 4) is 11.3 Å². The number of pyridine rings is 1. The molecule has 0 fully saturated rings. The zero-order valence-corrected chi connectivity index (χ0v) is 14.1. The van der Waals surface area contributed by atoms with Gasteiger partial charge < -0.3 is 5.32 Å².